The highest BCUT2D eigenvalue weighted by Crippen LogP contribution is 2.29. The number of rotatable bonds is 3. The van der Waals surface area contributed by atoms with Crippen LogP contribution in [0.3, 0.4) is 0 Å². The molecular formula is C19H24N6O. The Kier molecular flexibility index (Phi) is 4.22. The highest BCUT2D eigenvalue weighted by Gasteiger charge is 2.24. The Labute approximate surface area is 152 Å². The summed E-state index contributed by atoms with van der Waals surface area (Å²) in [4.78, 5) is 16.6. The molecule has 1 fully saturated rings. The average Bonchev–Trinajstić information content (AvgIpc) is 2.98. The van der Waals surface area contributed by atoms with Gasteiger partial charge in [-0.25, -0.2) is 9.67 Å². The third-order valence-electron chi connectivity index (χ3n) is 5.03. The second-order valence-electron chi connectivity index (χ2n) is 7.25. The van der Waals surface area contributed by atoms with Crippen molar-refractivity contribution in [2.45, 2.75) is 58.5 Å². The van der Waals surface area contributed by atoms with E-state index >= 15 is 0 Å². The minimum absolute atomic E-state index is 0.00880. The van der Waals surface area contributed by atoms with Crippen LogP contribution in [-0.4, -0.2) is 30.4 Å². The fourth-order valence-corrected chi connectivity index (χ4v) is 3.77. The van der Waals surface area contributed by atoms with Crippen molar-refractivity contribution in [2.24, 2.45) is 0 Å². The van der Waals surface area contributed by atoms with E-state index in [4.69, 9.17) is 0 Å². The zero-order valence-electron chi connectivity index (χ0n) is 15.4. The van der Waals surface area contributed by atoms with Crippen molar-refractivity contribution in [1.82, 2.24) is 24.4 Å². The number of aromatic nitrogens is 5. The molecule has 4 rings (SSSR count). The highest BCUT2D eigenvalue weighted by atomic mass is 16.1. The molecule has 0 saturated heterocycles. The van der Waals surface area contributed by atoms with Crippen LogP contribution in [0.1, 0.15) is 48.8 Å². The van der Waals surface area contributed by atoms with Gasteiger partial charge in [0.15, 0.2) is 5.65 Å². The highest BCUT2D eigenvalue weighted by molar-refractivity contribution is 5.50. The maximum atomic E-state index is 12.1. The van der Waals surface area contributed by atoms with Crippen LogP contribution in [-0.2, 0) is 0 Å². The van der Waals surface area contributed by atoms with Gasteiger partial charge in [-0.2, -0.15) is 14.7 Å². The Balaban J connectivity index is 1.49. The van der Waals surface area contributed by atoms with Crippen LogP contribution >= 0.6 is 0 Å². The van der Waals surface area contributed by atoms with E-state index in [2.05, 4.69) is 20.5 Å². The number of hydrogen-bond donors (Lipinski definition) is 1. The molecule has 7 nitrogen and oxygen atoms in total. The maximum Gasteiger partial charge on any atom is 0.267 e. The van der Waals surface area contributed by atoms with Crippen molar-refractivity contribution >= 4 is 11.5 Å². The number of nitrogens with zero attached hydrogens (tertiary/aromatic N) is 5. The van der Waals surface area contributed by atoms with Gasteiger partial charge in [0.25, 0.3) is 5.56 Å². The Morgan fingerprint density at radius 3 is 2.50 bits per heavy atom. The van der Waals surface area contributed by atoms with Crippen molar-refractivity contribution in [3.05, 3.63) is 51.7 Å². The van der Waals surface area contributed by atoms with E-state index in [1.54, 1.807) is 16.8 Å². The molecule has 0 unspecified atom stereocenters. The van der Waals surface area contributed by atoms with Crippen LogP contribution in [0.25, 0.3) is 5.65 Å². The Hall–Kier alpha value is -2.70. The molecule has 0 spiro atoms. The van der Waals surface area contributed by atoms with Gasteiger partial charge >= 0.3 is 0 Å². The largest absolute Gasteiger partial charge is 0.367 e. The summed E-state index contributed by atoms with van der Waals surface area (Å²) in [6, 6.07) is 7.97. The van der Waals surface area contributed by atoms with E-state index in [0.717, 1.165) is 54.2 Å². The topological polar surface area (TPSA) is 77.1 Å². The molecule has 26 heavy (non-hydrogen) atoms. The van der Waals surface area contributed by atoms with Crippen molar-refractivity contribution in [1.29, 1.82) is 0 Å². The van der Waals surface area contributed by atoms with Gasteiger partial charge in [0.1, 0.15) is 5.82 Å². The fraction of sp³-hybridized carbons (Fsp3) is 0.474. The summed E-state index contributed by atoms with van der Waals surface area (Å²) in [5, 5.41) is 12.6. The van der Waals surface area contributed by atoms with Crippen LogP contribution in [0.15, 0.2) is 29.1 Å². The molecule has 7 heteroatoms. The first-order valence-electron chi connectivity index (χ1n) is 9.16. The molecule has 0 aliphatic heterocycles. The van der Waals surface area contributed by atoms with Crippen LogP contribution in [0.4, 0.5) is 5.82 Å². The minimum atomic E-state index is -0.00880. The summed E-state index contributed by atoms with van der Waals surface area (Å²) < 4.78 is 3.54. The normalized spacial score (nSPS) is 20.4. The van der Waals surface area contributed by atoms with E-state index in [9.17, 15) is 4.79 Å². The monoisotopic (exact) mass is 352 g/mol. The van der Waals surface area contributed by atoms with Crippen LogP contribution in [0, 0.1) is 20.8 Å². The van der Waals surface area contributed by atoms with Gasteiger partial charge < -0.3 is 5.32 Å². The summed E-state index contributed by atoms with van der Waals surface area (Å²) in [6.07, 6.45) is 3.88. The number of hydrogen-bond acceptors (Lipinski definition) is 5. The van der Waals surface area contributed by atoms with Gasteiger partial charge in [0.05, 0.1) is 17.4 Å². The summed E-state index contributed by atoms with van der Waals surface area (Å²) in [5.74, 6) is 0.981. The first-order chi connectivity index (χ1) is 12.5. The summed E-state index contributed by atoms with van der Waals surface area (Å²) in [5.41, 5.74) is 3.68. The zero-order valence-corrected chi connectivity index (χ0v) is 15.4. The lowest BCUT2D eigenvalue weighted by Gasteiger charge is -2.30. The summed E-state index contributed by atoms with van der Waals surface area (Å²) in [7, 11) is 0. The maximum absolute atomic E-state index is 12.1. The number of anilines is 1. The molecule has 0 amide bonds. The molecule has 1 saturated carbocycles. The molecule has 3 aromatic rings. The lowest BCUT2D eigenvalue weighted by molar-refractivity contribution is 0.302. The Morgan fingerprint density at radius 1 is 0.962 bits per heavy atom. The van der Waals surface area contributed by atoms with E-state index in [-0.39, 0.29) is 11.6 Å². The number of aryl methyl sites for hydroxylation is 3. The summed E-state index contributed by atoms with van der Waals surface area (Å²) >= 11 is 0. The van der Waals surface area contributed by atoms with Gasteiger partial charge in [-0.15, -0.1) is 0 Å². The van der Waals surface area contributed by atoms with Crippen molar-refractivity contribution in [2.75, 3.05) is 5.32 Å². The second kappa shape index (κ2) is 6.55. The lowest BCUT2D eigenvalue weighted by atomic mass is 9.91. The third kappa shape index (κ3) is 3.21. The number of fused-ring (bicyclic) bond motifs is 1. The smallest absolute Gasteiger partial charge is 0.267 e. The van der Waals surface area contributed by atoms with Crippen LogP contribution < -0.4 is 10.9 Å². The van der Waals surface area contributed by atoms with Crippen molar-refractivity contribution in [3.8, 4) is 0 Å². The molecule has 3 aromatic heterocycles. The van der Waals surface area contributed by atoms with E-state index in [0.29, 0.717) is 6.04 Å². The molecule has 1 N–H and O–H groups in total. The second-order valence-corrected chi connectivity index (χ2v) is 7.25. The first kappa shape index (κ1) is 16.8. The zero-order chi connectivity index (χ0) is 18.3. The van der Waals surface area contributed by atoms with Crippen LogP contribution in [0.2, 0.25) is 0 Å². The molecule has 0 aromatic carbocycles. The molecule has 3 heterocycles. The average molecular weight is 352 g/mol. The fourth-order valence-electron chi connectivity index (χ4n) is 3.77. The van der Waals surface area contributed by atoms with Crippen molar-refractivity contribution in [3.63, 3.8) is 0 Å². The standard InChI is InChI=1S/C19H24N6O/c1-12-4-9-19(26)24(22-12)16-7-5-15(6-8-16)21-18-10-13(2)20-17-11-14(3)23-25(17)18/h4,9-11,15-16,21H,5-8H2,1-3H3. The molecule has 0 bridgehead atoms. The van der Waals surface area contributed by atoms with Gasteiger partial charge in [0, 0.05) is 29.9 Å². The number of nitrogens with one attached hydrogen (secondary N) is 1. The predicted octanol–water partition coefficient (Wildman–Crippen LogP) is 2.81. The summed E-state index contributed by atoms with van der Waals surface area (Å²) in [6.45, 7) is 5.90. The van der Waals surface area contributed by atoms with Crippen molar-refractivity contribution < 1.29 is 0 Å². The lowest BCUT2D eigenvalue weighted by Crippen LogP contribution is -2.33. The third-order valence-corrected chi connectivity index (χ3v) is 5.03. The first-order valence-corrected chi connectivity index (χ1v) is 9.16. The SMILES string of the molecule is Cc1cc(NC2CCC(n3nc(C)ccc3=O)CC2)n2nc(C)cc2n1. The van der Waals surface area contributed by atoms with E-state index in [1.165, 1.54) is 0 Å². The van der Waals surface area contributed by atoms with Crippen LogP contribution in [0.5, 0.6) is 0 Å². The Morgan fingerprint density at radius 2 is 1.73 bits per heavy atom. The molecule has 136 valence electrons. The quantitative estimate of drug-likeness (QED) is 0.784. The van der Waals surface area contributed by atoms with E-state index < -0.39 is 0 Å². The van der Waals surface area contributed by atoms with Gasteiger partial charge in [-0.3, -0.25) is 4.79 Å². The predicted molar refractivity (Wildman–Crippen MR) is 101 cm³/mol. The molecular weight excluding hydrogens is 328 g/mol. The van der Waals surface area contributed by atoms with E-state index in [1.807, 2.05) is 37.4 Å². The minimum Gasteiger partial charge on any atom is -0.367 e. The van der Waals surface area contributed by atoms with Gasteiger partial charge in [0.2, 0.25) is 0 Å². The molecule has 0 atom stereocenters. The van der Waals surface area contributed by atoms with Gasteiger partial charge in [-0.1, -0.05) is 0 Å². The van der Waals surface area contributed by atoms with Gasteiger partial charge in [-0.05, 0) is 52.5 Å². The molecule has 0 radical (unpaired) electrons. The molecule has 1 aliphatic carbocycles. The molecule has 1 aliphatic rings. The Bertz CT molecular complexity index is 997.